The molecule has 2 N–H and O–H groups in total. The SMILES string of the molecule is Cn1c(=O)n(C2CCC(=O)NC2=O)c2cccc(NCCCN3CCN(c4cccc(-c5cnc6ccc(N7CCCC7)nn56)n4)CC3)c21. The Kier molecular flexibility index (Phi) is 8.23. The summed E-state index contributed by atoms with van der Waals surface area (Å²) in [6.07, 6.45) is 5.74. The van der Waals surface area contributed by atoms with E-state index in [1.807, 2.05) is 41.0 Å². The largest absolute Gasteiger partial charge is 0.383 e. The molecule has 3 aliphatic rings. The zero-order chi connectivity index (χ0) is 33.5. The molecule has 0 radical (unpaired) electrons. The number of carbonyl (C=O) groups excluding carboxylic acids is 2. The minimum Gasteiger partial charge on any atom is -0.383 e. The van der Waals surface area contributed by atoms with Crippen LogP contribution in [0.2, 0.25) is 0 Å². The van der Waals surface area contributed by atoms with Crippen molar-refractivity contribution in [2.24, 2.45) is 7.05 Å². The molecule has 3 saturated heterocycles. The van der Waals surface area contributed by atoms with Gasteiger partial charge in [0.15, 0.2) is 5.65 Å². The molecule has 49 heavy (non-hydrogen) atoms. The molecular weight excluding hydrogens is 622 g/mol. The van der Waals surface area contributed by atoms with E-state index in [0.717, 1.165) is 98.7 Å². The Hall–Kier alpha value is -5.24. The molecule has 2 amide bonds. The van der Waals surface area contributed by atoms with Crippen molar-refractivity contribution >= 4 is 45.8 Å². The molecule has 14 nitrogen and oxygen atoms in total. The van der Waals surface area contributed by atoms with Crippen LogP contribution in [0.3, 0.4) is 0 Å². The van der Waals surface area contributed by atoms with Gasteiger partial charge in [-0.15, -0.1) is 5.10 Å². The molecule has 0 aliphatic carbocycles. The van der Waals surface area contributed by atoms with Gasteiger partial charge in [-0.2, -0.15) is 0 Å². The minimum absolute atomic E-state index is 0.217. The lowest BCUT2D eigenvalue weighted by Gasteiger charge is -2.35. The number of piperidine rings is 1. The monoisotopic (exact) mass is 663 g/mol. The van der Waals surface area contributed by atoms with Crippen LogP contribution < -0.4 is 26.1 Å². The van der Waals surface area contributed by atoms with E-state index < -0.39 is 11.9 Å². The molecule has 1 unspecified atom stereocenters. The number of para-hydroxylation sites is 1. The average molecular weight is 664 g/mol. The lowest BCUT2D eigenvalue weighted by Crippen LogP contribution is -2.47. The molecule has 1 atom stereocenters. The highest BCUT2D eigenvalue weighted by Gasteiger charge is 2.31. The summed E-state index contributed by atoms with van der Waals surface area (Å²) in [5, 5.41) is 10.8. The van der Waals surface area contributed by atoms with Crippen LogP contribution in [0.1, 0.15) is 38.1 Å². The van der Waals surface area contributed by atoms with Gasteiger partial charge in [-0.3, -0.25) is 28.9 Å². The van der Waals surface area contributed by atoms with E-state index >= 15 is 0 Å². The van der Waals surface area contributed by atoms with E-state index in [1.54, 1.807) is 11.6 Å². The van der Waals surface area contributed by atoms with Crippen LogP contribution in [0.25, 0.3) is 28.1 Å². The summed E-state index contributed by atoms with van der Waals surface area (Å²) in [5.41, 5.74) is 4.61. The molecule has 3 fully saturated rings. The van der Waals surface area contributed by atoms with Gasteiger partial charge >= 0.3 is 5.69 Å². The Morgan fingerprint density at radius 3 is 2.51 bits per heavy atom. The Bertz CT molecular complexity index is 2090. The molecule has 0 saturated carbocycles. The number of amides is 2. The number of fused-ring (bicyclic) bond motifs is 2. The zero-order valence-corrected chi connectivity index (χ0v) is 27.7. The number of anilines is 3. The molecule has 1 aromatic carbocycles. The summed E-state index contributed by atoms with van der Waals surface area (Å²) in [5.74, 6) is 1.22. The number of nitrogens with zero attached hydrogens (tertiary/aromatic N) is 9. The van der Waals surface area contributed by atoms with Gasteiger partial charge in [0, 0.05) is 59.3 Å². The molecule has 254 valence electrons. The molecule has 3 aliphatic heterocycles. The summed E-state index contributed by atoms with van der Waals surface area (Å²) < 4.78 is 5.02. The van der Waals surface area contributed by atoms with Crippen molar-refractivity contribution in [3.8, 4) is 11.4 Å². The van der Waals surface area contributed by atoms with Crippen LogP contribution in [0, 0.1) is 0 Å². The van der Waals surface area contributed by atoms with Gasteiger partial charge in [-0.25, -0.2) is 19.3 Å². The van der Waals surface area contributed by atoms with Gasteiger partial charge in [0.25, 0.3) is 0 Å². The Morgan fingerprint density at radius 2 is 1.69 bits per heavy atom. The van der Waals surface area contributed by atoms with E-state index in [4.69, 9.17) is 10.1 Å². The highest BCUT2D eigenvalue weighted by Crippen LogP contribution is 2.28. The van der Waals surface area contributed by atoms with Crippen molar-refractivity contribution in [3.05, 3.63) is 65.2 Å². The number of imide groups is 1. The summed E-state index contributed by atoms with van der Waals surface area (Å²) in [6, 6.07) is 15.3. The Balaban J connectivity index is 0.875. The Morgan fingerprint density at radius 1 is 0.898 bits per heavy atom. The zero-order valence-electron chi connectivity index (χ0n) is 27.7. The molecule has 14 heteroatoms. The highest BCUT2D eigenvalue weighted by molar-refractivity contribution is 6.00. The molecule has 5 aromatic rings. The maximum Gasteiger partial charge on any atom is 0.329 e. The number of piperazine rings is 1. The maximum absolute atomic E-state index is 13.2. The first-order chi connectivity index (χ1) is 23.9. The van der Waals surface area contributed by atoms with E-state index in [1.165, 1.54) is 17.4 Å². The Labute approximate surface area is 283 Å². The predicted molar refractivity (Wildman–Crippen MR) is 188 cm³/mol. The van der Waals surface area contributed by atoms with Crippen molar-refractivity contribution in [2.45, 2.75) is 38.1 Å². The van der Waals surface area contributed by atoms with Crippen LogP contribution in [0.4, 0.5) is 17.3 Å². The predicted octanol–water partition coefficient (Wildman–Crippen LogP) is 2.65. The lowest BCUT2D eigenvalue weighted by molar-refractivity contribution is -0.135. The van der Waals surface area contributed by atoms with Crippen LogP contribution in [0.15, 0.2) is 59.5 Å². The fraction of sp³-hybridized carbons (Fsp3) is 0.429. The summed E-state index contributed by atoms with van der Waals surface area (Å²) in [4.78, 5) is 54.3. The standard InChI is InChI=1S/C35H41N11O3/c1-41-33-25(8-4-9-26(33)45(35(41)49)27-11-14-32(47)39-34(27)48)36-15-6-16-42-19-21-44(22-20-42)30-10-5-7-24(38-30)28-23-37-29-12-13-31(40-46(28)29)43-17-2-3-18-43/h4-5,7-10,12-13,23,27,36H,2-3,6,11,14-22H2,1H3,(H,39,47,48). The van der Waals surface area contributed by atoms with Crippen LogP contribution in [-0.2, 0) is 16.6 Å². The molecular formula is C35H41N11O3. The topological polar surface area (TPSA) is 138 Å². The van der Waals surface area contributed by atoms with E-state index in [-0.39, 0.29) is 18.0 Å². The summed E-state index contributed by atoms with van der Waals surface area (Å²) in [6.45, 7) is 7.46. The van der Waals surface area contributed by atoms with Crippen molar-refractivity contribution in [3.63, 3.8) is 0 Å². The van der Waals surface area contributed by atoms with Gasteiger partial charge < -0.3 is 15.1 Å². The molecule has 8 rings (SSSR count). The number of hydrogen-bond donors (Lipinski definition) is 2. The highest BCUT2D eigenvalue weighted by atomic mass is 16.2. The van der Waals surface area contributed by atoms with Gasteiger partial charge in [-0.1, -0.05) is 12.1 Å². The smallest absolute Gasteiger partial charge is 0.329 e. The second kappa shape index (κ2) is 13.0. The number of rotatable bonds is 9. The van der Waals surface area contributed by atoms with E-state index in [9.17, 15) is 14.4 Å². The summed E-state index contributed by atoms with van der Waals surface area (Å²) in [7, 11) is 1.72. The second-order valence-corrected chi connectivity index (χ2v) is 13.1. The van der Waals surface area contributed by atoms with Crippen LogP contribution in [-0.4, -0.2) is 97.8 Å². The van der Waals surface area contributed by atoms with Gasteiger partial charge in [0.1, 0.15) is 23.4 Å². The fourth-order valence-corrected chi connectivity index (χ4v) is 7.43. The molecule has 7 heterocycles. The van der Waals surface area contributed by atoms with E-state index in [2.05, 4.69) is 48.5 Å². The third kappa shape index (κ3) is 5.90. The first kappa shape index (κ1) is 31.1. The number of carbonyl (C=O) groups is 2. The first-order valence-corrected chi connectivity index (χ1v) is 17.3. The van der Waals surface area contributed by atoms with Crippen molar-refractivity contribution in [1.82, 2.24) is 38.9 Å². The third-order valence-corrected chi connectivity index (χ3v) is 10.1. The quantitative estimate of drug-likeness (QED) is 0.179. The average Bonchev–Trinajstić information content (AvgIpc) is 3.87. The van der Waals surface area contributed by atoms with Crippen LogP contribution >= 0.6 is 0 Å². The number of nitrogens with one attached hydrogen (secondary N) is 2. The number of aryl methyl sites for hydroxylation is 1. The molecule has 0 spiro atoms. The number of pyridine rings is 1. The number of aromatic nitrogens is 6. The third-order valence-electron chi connectivity index (χ3n) is 10.1. The van der Waals surface area contributed by atoms with Crippen molar-refractivity contribution < 1.29 is 9.59 Å². The first-order valence-electron chi connectivity index (χ1n) is 17.3. The van der Waals surface area contributed by atoms with Gasteiger partial charge in [0.2, 0.25) is 11.8 Å². The number of benzene rings is 1. The van der Waals surface area contributed by atoms with E-state index in [0.29, 0.717) is 11.9 Å². The lowest BCUT2D eigenvalue weighted by atomic mass is 10.1. The number of hydrogen-bond acceptors (Lipinski definition) is 10. The van der Waals surface area contributed by atoms with Crippen molar-refractivity contribution in [2.75, 3.05) is 67.5 Å². The molecule has 4 aromatic heterocycles. The van der Waals surface area contributed by atoms with Gasteiger partial charge in [0.05, 0.1) is 28.6 Å². The second-order valence-electron chi connectivity index (χ2n) is 13.1. The van der Waals surface area contributed by atoms with Gasteiger partial charge in [-0.05, 0) is 68.6 Å². The molecule has 0 bridgehead atoms. The van der Waals surface area contributed by atoms with Crippen molar-refractivity contribution in [1.29, 1.82) is 0 Å². The summed E-state index contributed by atoms with van der Waals surface area (Å²) >= 11 is 0. The maximum atomic E-state index is 13.2. The van der Waals surface area contributed by atoms with Crippen LogP contribution in [0.5, 0.6) is 0 Å². The normalized spacial score (nSPS) is 18.9. The fourth-order valence-electron chi connectivity index (χ4n) is 7.43. The minimum atomic E-state index is -0.698. The number of imidazole rings is 2.